The number of hydrogen-bond donors (Lipinski definition) is 1. The van der Waals surface area contributed by atoms with Crippen molar-refractivity contribution in [1.82, 2.24) is 4.31 Å². The lowest BCUT2D eigenvalue weighted by molar-refractivity contribution is 0.0954. The molecule has 0 bridgehead atoms. The van der Waals surface area contributed by atoms with E-state index in [0.29, 0.717) is 17.1 Å². The average molecular weight is 276 g/mol. The second kappa shape index (κ2) is 4.91. The Morgan fingerprint density at radius 1 is 1.33 bits per heavy atom. The molecule has 0 spiro atoms. The maximum atomic E-state index is 14.2. The van der Waals surface area contributed by atoms with Crippen molar-refractivity contribution in [2.24, 2.45) is 5.14 Å². The van der Waals surface area contributed by atoms with Crippen LogP contribution in [0.2, 0.25) is 0 Å². The summed E-state index contributed by atoms with van der Waals surface area (Å²) in [5, 5.41) is 4.94. The molecule has 0 radical (unpaired) electrons. The molecule has 0 aliphatic carbocycles. The predicted octanol–water partition coefficient (Wildman–Crippen LogP) is 1.50. The summed E-state index contributed by atoms with van der Waals surface area (Å²) in [7, 11) is -4.09. The fourth-order valence-electron chi connectivity index (χ4n) is 2.28. The Kier molecular flexibility index (Phi) is 3.65. The largest absolute Gasteiger partial charge is 0.279 e. The van der Waals surface area contributed by atoms with Gasteiger partial charge in [0.15, 0.2) is 6.30 Å². The van der Waals surface area contributed by atoms with Crippen molar-refractivity contribution in [1.29, 1.82) is 0 Å². The predicted molar refractivity (Wildman–Crippen MR) is 63.1 cm³/mol. The van der Waals surface area contributed by atoms with Crippen LogP contribution in [0, 0.1) is 5.82 Å². The zero-order valence-corrected chi connectivity index (χ0v) is 10.4. The van der Waals surface area contributed by atoms with E-state index in [-0.39, 0.29) is 12.1 Å². The van der Waals surface area contributed by atoms with Gasteiger partial charge in [-0.3, -0.25) is 0 Å². The van der Waals surface area contributed by atoms with Crippen LogP contribution in [0.5, 0.6) is 0 Å². The van der Waals surface area contributed by atoms with Gasteiger partial charge < -0.3 is 0 Å². The van der Waals surface area contributed by atoms with Crippen molar-refractivity contribution in [2.45, 2.75) is 25.1 Å². The molecule has 4 nitrogen and oxygen atoms in total. The van der Waals surface area contributed by atoms with Crippen molar-refractivity contribution in [3.8, 4) is 0 Å². The number of benzene rings is 1. The SMILES string of the molecule is NS(=O)(=O)N1CCCC(c2ccccc2F)C1F. The maximum absolute atomic E-state index is 14.2. The molecular weight excluding hydrogens is 262 g/mol. The minimum atomic E-state index is -4.09. The van der Waals surface area contributed by atoms with E-state index in [1.54, 1.807) is 6.07 Å². The topological polar surface area (TPSA) is 63.4 Å². The highest BCUT2D eigenvalue weighted by Crippen LogP contribution is 2.35. The number of alkyl halides is 1. The van der Waals surface area contributed by atoms with Gasteiger partial charge in [0.05, 0.1) is 0 Å². The molecule has 1 aromatic carbocycles. The summed E-state index contributed by atoms with van der Waals surface area (Å²) in [4.78, 5) is 0. The molecule has 2 rings (SSSR count). The normalized spacial score (nSPS) is 26.2. The molecule has 7 heteroatoms. The van der Waals surface area contributed by atoms with Crippen LogP contribution in [0.25, 0.3) is 0 Å². The van der Waals surface area contributed by atoms with Crippen LogP contribution < -0.4 is 5.14 Å². The Morgan fingerprint density at radius 3 is 2.61 bits per heavy atom. The first kappa shape index (κ1) is 13.4. The molecule has 100 valence electrons. The molecular formula is C11H14F2N2O2S. The number of nitrogens with two attached hydrogens (primary N) is 1. The molecule has 1 aliphatic rings. The summed E-state index contributed by atoms with van der Waals surface area (Å²) in [5.74, 6) is -1.33. The Bertz CT molecular complexity index is 536. The number of piperidine rings is 1. The second-order valence-electron chi connectivity index (χ2n) is 4.30. The zero-order chi connectivity index (χ0) is 13.3. The molecule has 1 aliphatic heterocycles. The second-order valence-corrected chi connectivity index (χ2v) is 5.80. The fourth-order valence-corrected chi connectivity index (χ4v) is 3.09. The minimum absolute atomic E-state index is 0.0327. The van der Waals surface area contributed by atoms with Gasteiger partial charge in [0.1, 0.15) is 5.82 Å². The average Bonchev–Trinajstić information content (AvgIpc) is 2.29. The van der Waals surface area contributed by atoms with Crippen LogP contribution >= 0.6 is 0 Å². The Labute approximate surface area is 105 Å². The number of rotatable bonds is 2. The van der Waals surface area contributed by atoms with E-state index in [4.69, 9.17) is 5.14 Å². The fraction of sp³-hybridized carbons (Fsp3) is 0.455. The lowest BCUT2D eigenvalue weighted by atomic mass is 9.90. The van der Waals surface area contributed by atoms with Crippen LogP contribution in [0.1, 0.15) is 24.3 Å². The molecule has 18 heavy (non-hydrogen) atoms. The van der Waals surface area contributed by atoms with Gasteiger partial charge in [-0.1, -0.05) is 18.2 Å². The first-order valence-electron chi connectivity index (χ1n) is 5.59. The van der Waals surface area contributed by atoms with E-state index < -0.39 is 28.2 Å². The number of hydrogen-bond acceptors (Lipinski definition) is 2. The summed E-state index contributed by atoms with van der Waals surface area (Å²) in [6.45, 7) is 0.0327. The highest BCUT2D eigenvalue weighted by atomic mass is 32.2. The molecule has 1 saturated heterocycles. The van der Waals surface area contributed by atoms with Crippen molar-refractivity contribution < 1.29 is 17.2 Å². The molecule has 1 heterocycles. The third-order valence-electron chi connectivity index (χ3n) is 3.13. The standard InChI is InChI=1S/C11H14F2N2O2S/c12-10-6-2-1-4-8(10)9-5-3-7-15(11(9)13)18(14,16)17/h1-2,4,6,9,11H,3,5,7H2,(H2,14,16,17). The minimum Gasteiger partial charge on any atom is -0.228 e. The third kappa shape index (κ3) is 2.52. The molecule has 2 atom stereocenters. The van der Waals surface area contributed by atoms with Gasteiger partial charge in [0.2, 0.25) is 0 Å². The highest BCUT2D eigenvalue weighted by molar-refractivity contribution is 7.86. The lowest BCUT2D eigenvalue weighted by Gasteiger charge is -2.34. The monoisotopic (exact) mass is 276 g/mol. The molecule has 1 aromatic rings. The van der Waals surface area contributed by atoms with Gasteiger partial charge in [-0.2, -0.15) is 12.7 Å². The summed E-state index contributed by atoms with van der Waals surface area (Å²) < 4.78 is 50.8. The quantitative estimate of drug-likeness (QED) is 0.832. The van der Waals surface area contributed by atoms with Crippen molar-refractivity contribution >= 4 is 10.2 Å². The molecule has 0 saturated carbocycles. The summed E-state index contributed by atoms with van der Waals surface area (Å²) in [6.07, 6.45) is -0.963. The van der Waals surface area contributed by atoms with Crippen molar-refractivity contribution in [3.05, 3.63) is 35.6 Å². The van der Waals surface area contributed by atoms with Crippen LogP contribution in [-0.4, -0.2) is 25.6 Å². The first-order chi connectivity index (χ1) is 8.41. The Morgan fingerprint density at radius 2 is 2.00 bits per heavy atom. The van der Waals surface area contributed by atoms with E-state index in [2.05, 4.69) is 0 Å². The van der Waals surface area contributed by atoms with Crippen molar-refractivity contribution in [3.63, 3.8) is 0 Å². The Hall–Kier alpha value is -1.05. The molecule has 0 amide bonds. The Balaban J connectivity index is 2.33. The van der Waals surface area contributed by atoms with E-state index in [1.807, 2.05) is 0 Å². The number of halogens is 2. The zero-order valence-electron chi connectivity index (χ0n) is 9.59. The summed E-state index contributed by atoms with van der Waals surface area (Å²) in [5.41, 5.74) is 0.193. The van der Waals surface area contributed by atoms with E-state index in [0.717, 1.165) is 0 Å². The molecule has 2 N–H and O–H groups in total. The van der Waals surface area contributed by atoms with Gasteiger partial charge in [0.25, 0.3) is 10.2 Å². The highest BCUT2D eigenvalue weighted by Gasteiger charge is 2.38. The molecule has 2 unspecified atom stereocenters. The molecule has 0 aromatic heterocycles. The van der Waals surface area contributed by atoms with Crippen LogP contribution in [0.3, 0.4) is 0 Å². The van der Waals surface area contributed by atoms with E-state index >= 15 is 0 Å². The van der Waals surface area contributed by atoms with Gasteiger partial charge in [-0.15, -0.1) is 0 Å². The third-order valence-corrected chi connectivity index (χ3v) is 4.17. The maximum Gasteiger partial charge on any atom is 0.279 e. The van der Waals surface area contributed by atoms with Gasteiger partial charge in [-0.25, -0.2) is 13.9 Å². The van der Waals surface area contributed by atoms with Crippen LogP contribution in [-0.2, 0) is 10.2 Å². The van der Waals surface area contributed by atoms with Crippen LogP contribution in [0.15, 0.2) is 24.3 Å². The van der Waals surface area contributed by atoms with Gasteiger partial charge in [-0.05, 0) is 24.5 Å². The summed E-state index contributed by atoms with van der Waals surface area (Å²) in [6, 6.07) is 5.81. The van der Waals surface area contributed by atoms with Gasteiger partial charge >= 0.3 is 0 Å². The van der Waals surface area contributed by atoms with Crippen LogP contribution in [0.4, 0.5) is 8.78 Å². The smallest absolute Gasteiger partial charge is 0.228 e. The first-order valence-corrected chi connectivity index (χ1v) is 7.09. The van der Waals surface area contributed by atoms with E-state index in [9.17, 15) is 17.2 Å². The molecule has 1 fully saturated rings. The van der Waals surface area contributed by atoms with Gasteiger partial charge in [0, 0.05) is 12.5 Å². The lowest BCUT2D eigenvalue weighted by Crippen LogP contribution is -2.48. The number of nitrogens with zero attached hydrogens (tertiary/aromatic N) is 1. The summed E-state index contributed by atoms with van der Waals surface area (Å²) >= 11 is 0. The van der Waals surface area contributed by atoms with E-state index in [1.165, 1.54) is 18.2 Å². The van der Waals surface area contributed by atoms with Crippen molar-refractivity contribution in [2.75, 3.05) is 6.54 Å².